The van der Waals surface area contributed by atoms with Gasteiger partial charge in [-0.15, -0.1) is 0 Å². The number of hydrogen-bond donors (Lipinski definition) is 3. The number of thioether (sulfide) groups is 1. The molecule has 2 aromatic rings. The Kier molecular flexibility index (Phi) is 6.28. The number of rotatable bonds is 6. The van der Waals surface area contributed by atoms with Gasteiger partial charge in [0.05, 0.1) is 11.3 Å². The summed E-state index contributed by atoms with van der Waals surface area (Å²) in [4.78, 5) is 30.5. The summed E-state index contributed by atoms with van der Waals surface area (Å²) in [7, 11) is 0. The van der Waals surface area contributed by atoms with Crippen LogP contribution in [0.4, 0.5) is 5.69 Å². The van der Waals surface area contributed by atoms with Crippen LogP contribution in [0.3, 0.4) is 0 Å². The number of carbonyl (C=O) groups is 1. The predicted octanol–water partition coefficient (Wildman–Crippen LogP) is 3.37. The van der Waals surface area contributed by atoms with E-state index in [1.807, 2.05) is 13.8 Å². The molecule has 2 rings (SSSR count). The van der Waals surface area contributed by atoms with Crippen LogP contribution in [0.15, 0.2) is 34.2 Å². The zero-order valence-corrected chi connectivity index (χ0v) is 14.9. The molecular weight excluding hydrogens is 350 g/mol. The number of aromatic hydroxyl groups is 1. The van der Waals surface area contributed by atoms with Crippen molar-refractivity contribution in [1.82, 2.24) is 9.97 Å². The molecule has 0 aliphatic rings. The quantitative estimate of drug-likeness (QED) is 0.537. The molecule has 0 saturated carbocycles. The molecule has 0 radical (unpaired) electrons. The maximum atomic E-state index is 12.0. The van der Waals surface area contributed by atoms with Gasteiger partial charge in [-0.2, -0.15) is 4.98 Å². The second-order valence-electron chi connectivity index (χ2n) is 5.26. The standard InChI is InChI=1S/C16H18ClN3O3S/c1-3-9(2)13-14(22)19-16(20-15(13)23)24-8-12(21)18-11-6-4-10(17)5-7-11/h4-7,9H,3,8H2,1-2H3,(H,18,21)(H2,19,20,22,23)/t9-/m0/s1. The molecule has 0 unspecified atom stereocenters. The molecule has 0 saturated heterocycles. The van der Waals surface area contributed by atoms with Crippen LogP contribution in [-0.2, 0) is 4.79 Å². The Labute approximate surface area is 148 Å². The number of nitrogens with zero attached hydrogens (tertiary/aromatic N) is 1. The largest absolute Gasteiger partial charge is 0.493 e. The predicted molar refractivity (Wildman–Crippen MR) is 96.0 cm³/mol. The summed E-state index contributed by atoms with van der Waals surface area (Å²) in [6.45, 7) is 3.77. The van der Waals surface area contributed by atoms with Gasteiger partial charge in [0.1, 0.15) is 0 Å². The number of nitrogens with one attached hydrogen (secondary N) is 2. The van der Waals surface area contributed by atoms with Crippen molar-refractivity contribution in [3.05, 3.63) is 45.2 Å². The van der Waals surface area contributed by atoms with E-state index in [0.717, 1.165) is 11.8 Å². The summed E-state index contributed by atoms with van der Waals surface area (Å²) in [5, 5.41) is 13.4. The summed E-state index contributed by atoms with van der Waals surface area (Å²) >= 11 is 6.82. The van der Waals surface area contributed by atoms with Crippen molar-refractivity contribution in [2.75, 3.05) is 11.1 Å². The number of hydrogen-bond acceptors (Lipinski definition) is 5. The van der Waals surface area contributed by atoms with Crippen molar-refractivity contribution >= 4 is 35.0 Å². The fourth-order valence-corrected chi connectivity index (χ4v) is 2.81. The van der Waals surface area contributed by atoms with E-state index in [1.165, 1.54) is 0 Å². The minimum absolute atomic E-state index is 0.0493. The smallest absolute Gasteiger partial charge is 0.258 e. The number of halogens is 1. The fourth-order valence-electron chi connectivity index (χ4n) is 2.03. The lowest BCUT2D eigenvalue weighted by Gasteiger charge is -2.10. The summed E-state index contributed by atoms with van der Waals surface area (Å²) in [5.74, 6) is -0.578. The van der Waals surface area contributed by atoms with E-state index in [4.69, 9.17) is 11.6 Å². The molecule has 1 atom stereocenters. The molecule has 0 fully saturated rings. The topological polar surface area (TPSA) is 95.1 Å². The van der Waals surface area contributed by atoms with Gasteiger partial charge in [-0.25, -0.2) is 0 Å². The van der Waals surface area contributed by atoms with Gasteiger partial charge in [-0.3, -0.25) is 9.59 Å². The number of aromatic nitrogens is 2. The van der Waals surface area contributed by atoms with E-state index in [0.29, 0.717) is 17.1 Å². The first-order valence-corrected chi connectivity index (χ1v) is 8.78. The lowest BCUT2D eigenvalue weighted by atomic mass is 10.0. The molecule has 1 amide bonds. The first kappa shape index (κ1) is 18.4. The molecule has 0 spiro atoms. The van der Waals surface area contributed by atoms with Crippen LogP contribution in [0, 0.1) is 0 Å². The van der Waals surface area contributed by atoms with Crippen LogP contribution < -0.4 is 10.9 Å². The average Bonchev–Trinajstić information content (AvgIpc) is 2.54. The second-order valence-corrected chi connectivity index (χ2v) is 6.66. The van der Waals surface area contributed by atoms with Crippen LogP contribution in [0.2, 0.25) is 5.02 Å². The highest BCUT2D eigenvalue weighted by Gasteiger charge is 2.16. The third-order valence-corrected chi connectivity index (χ3v) is 4.61. The first-order chi connectivity index (χ1) is 11.4. The molecule has 6 nitrogen and oxygen atoms in total. The molecule has 1 heterocycles. The number of amides is 1. The van der Waals surface area contributed by atoms with E-state index >= 15 is 0 Å². The van der Waals surface area contributed by atoms with Crippen molar-refractivity contribution in [3.8, 4) is 5.88 Å². The van der Waals surface area contributed by atoms with Gasteiger partial charge in [0, 0.05) is 10.7 Å². The normalized spacial score (nSPS) is 12.0. The van der Waals surface area contributed by atoms with E-state index < -0.39 is 0 Å². The Morgan fingerprint density at radius 3 is 2.67 bits per heavy atom. The highest BCUT2D eigenvalue weighted by Crippen LogP contribution is 2.24. The maximum absolute atomic E-state index is 12.0. The Balaban J connectivity index is 2.00. The van der Waals surface area contributed by atoms with Crippen LogP contribution in [-0.4, -0.2) is 26.7 Å². The summed E-state index contributed by atoms with van der Waals surface area (Å²) in [6.07, 6.45) is 0.717. The van der Waals surface area contributed by atoms with Crippen LogP contribution in [0.5, 0.6) is 5.88 Å². The summed E-state index contributed by atoms with van der Waals surface area (Å²) in [6, 6.07) is 6.74. The Bertz CT molecular complexity index is 777. The number of benzene rings is 1. The highest BCUT2D eigenvalue weighted by atomic mass is 35.5. The number of H-pyrrole nitrogens is 1. The van der Waals surface area contributed by atoms with Gasteiger partial charge in [-0.1, -0.05) is 37.2 Å². The SMILES string of the molecule is CC[C@H](C)c1c(O)nc(SCC(=O)Nc2ccc(Cl)cc2)[nH]c1=O. The zero-order valence-electron chi connectivity index (χ0n) is 13.3. The van der Waals surface area contributed by atoms with E-state index in [-0.39, 0.29) is 39.7 Å². The Hall–Kier alpha value is -1.99. The fraction of sp³-hybridized carbons (Fsp3) is 0.312. The molecule has 3 N–H and O–H groups in total. The Morgan fingerprint density at radius 1 is 1.42 bits per heavy atom. The molecule has 0 bridgehead atoms. The third-order valence-electron chi connectivity index (χ3n) is 3.49. The van der Waals surface area contributed by atoms with Crippen molar-refractivity contribution in [3.63, 3.8) is 0 Å². The molecular formula is C16H18ClN3O3S. The maximum Gasteiger partial charge on any atom is 0.258 e. The summed E-state index contributed by atoms with van der Waals surface area (Å²) < 4.78 is 0. The van der Waals surface area contributed by atoms with E-state index in [2.05, 4.69) is 15.3 Å². The van der Waals surface area contributed by atoms with Crippen molar-refractivity contribution < 1.29 is 9.90 Å². The number of carbonyl (C=O) groups excluding carboxylic acids is 1. The molecule has 8 heteroatoms. The van der Waals surface area contributed by atoms with Crippen molar-refractivity contribution in [1.29, 1.82) is 0 Å². The van der Waals surface area contributed by atoms with Crippen LogP contribution in [0.1, 0.15) is 31.7 Å². The molecule has 1 aromatic carbocycles. The number of aromatic amines is 1. The monoisotopic (exact) mass is 367 g/mol. The highest BCUT2D eigenvalue weighted by molar-refractivity contribution is 7.99. The average molecular weight is 368 g/mol. The number of anilines is 1. The van der Waals surface area contributed by atoms with Gasteiger partial charge >= 0.3 is 0 Å². The first-order valence-electron chi connectivity index (χ1n) is 7.42. The molecule has 1 aromatic heterocycles. The molecule has 24 heavy (non-hydrogen) atoms. The van der Waals surface area contributed by atoms with Gasteiger partial charge in [0.25, 0.3) is 5.56 Å². The zero-order chi connectivity index (χ0) is 17.7. The van der Waals surface area contributed by atoms with E-state index in [9.17, 15) is 14.7 Å². The Morgan fingerprint density at radius 2 is 2.08 bits per heavy atom. The third kappa shape index (κ3) is 4.75. The van der Waals surface area contributed by atoms with Crippen molar-refractivity contribution in [2.24, 2.45) is 0 Å². The van der Waals surface area contributed by atoms with E-state index in [1.54, 1.807) is 24.3 Å². The molecule has 0 aliphatic carbocycles. The second kappa shape index (κ2) is 8.21. The van der Waals surface area contributed by atoms with Gasteiger partial charge in [0.2, 0.25) is 11.8 Å². The van der Waals surface area contributed by atoms with Crippen molar-refractivity contribution in [2.45, 2.75) is 31.3 Å². The van der Waals surface area contributed by atoms with Gasteiger partial charge in [-0.05, 0) is 36.6 Å². The summed E-state index contributed by atoms with van der Waals surface area (Å²) in [5.41, 5.74) is 0.520. The van der Waals surface area contributed by atoms with Crippen LogP contribution in [0.25, 0.3) is 0 Å². The van der Waals surface area contributed by atoms with Crippen LogP contribution >= 0.6 is 23.4 Å². The minimum Gasteiger partial charge on any atom is -0.493 e. The molecule has 0 aliphatic heterocycles. The van der Waals surface area contributed by atoms with Gasteiger partial charge < -0.3 is 15.4 Å². The van der Waals surface area contributed by atoms with Gasteiger partial charge in [0.15, 0.2) is 5.16 Å². The lowest BCUT2D eigenvalue weighted by Crippen LogP contribution is -2.18. The minimum atomic E-state index is -0.377. The lowest BCUT2D eigenvalue weighted by molar-refractivity contribution is -0.113. The molecule has 128 valence electrons.